The Hall–Kier alpha value is -1.90. The second kappa shape index (κ2) is 7.61. The molecule has 9 heteroatoms. The van der Waals surface area contributed by atoms with Crippen molar-refractivity contribution in [3.63, 3.8) is 0 Å². The van der Waals surface area contributed by atoms with Gasteiger partial charge in [0.1, 0.15) is 5.82 Å². The summed E-state index contributed by atoms with van der Waals surface area (Å²) in [6.07, 6.45) is 1.65. The van der Waals surface area contributed by atoms with Crippen LogP contribution in [0.25, 0.3) is 0 Å². The van der Waals surface area contributed by atoms with Gasteiger partial charge in [0.2, 0.25) is 0 Å². The Bertz CT molecular complexity index is 1100. The monoisotopic (exact) mass is 471 g/mol. The van der Waals surface area contributed by atoms with Crippen LogP contribution in [0.4, 0.5) is 10.2 Å². The van der Waals surface area contributed by atoms with E-state index < -0.39 is 10.0 Å². The van der Waals surface area contributed by atoms with Crippen LogP contribution in [0.2, 0.25) is 5.02 Å². The third-order valence-electron chi connectivity index (χ3n) is 3.95. The first kappa shape index (κ1) is 19.9. The number of hydrogen-bond acceptors (Lipinski definition) is 3. The van der Waals surface area contributed by atoms with Crippen LogP contribution < -0.4 is 4.72 Å². The summed E-state index contributed by atoms with van der Waals surface area (Å²) in [7, 11) is -3.83. The molecular weight excluding hydrogens is 457 g/mol. The molecule has 0 unspecified atom stereocenters. The third kappa shape index (κ3) is 4.51. The van der Waals surface area contributed by atoms with Crippen LogP contribution in [0.15, 0.2) is 52.0 Å². The van der Waals surface area contributed by atoms with Crippen LogP contribution in [0.3, 0.4) is 0 Å². The van der Waals surface area contributed by atoms with Gasteiger partial charge >= 0.3 is 0 Å². The molecule has 0 aliphatic heterocycles. The standard InChI is InChI=1S/C18H16BrClFN3O2S/c1-11-8-17(12(2)7-16(11)20)27(25,26)23-18-15(19)10-24(22-18)9-13-3-5-14(21)6-4-13/h3-8,10H,9H2,1-2H3,(H,22,23). The molecule has 0 amide bonds. The van der Waals surface area contributed by atoms with Gasteiger partial charge < -0.3 is 0 Å². The maximum absolute atomic E-state index is 13.0. The number of halogens is 3. The highest BCUT2D eigenvalue weighted by molar-refractivity contribution is 9.10. The van der Waals surface area contributed by atoms with Crippen molar-refractivity contribution in [1.82, 2.24) is 9.78 Å². The number of anilines is 1. The summed E-state index contributed by atoms with van der Waals surface area (Å²) in [5, 5.41) is 4.78. The molecule has 0 saturated heterocycles. The largest absolute Gasteiger partial charge is 0.265 e. The van der Waals surface area contributed by atoms with Crippen molar-refractivity contribution in [2.24, 2.45) is 0 Å². The Morgan fingerprint density at radius 3 is 2.52 bits per heavy atom. The first-order valence-electron chi connectivity index (χ1n) is 7.92. The molecule has 3 rings (SSSR count). The smallest absolute Gasteiger partial charge is 0.263 e. The highest BCUT2D eigenvalue weighted by Gasteiger charge is 2.21. The van der Waals surface area contributed by atoms with Gasteiger partial charge in [0.25, 0.3) is 10.0 Å². The summed E-state index contributed by atoms with van der Waals surface area (Å²) in [6.45, 7) is 3.80. The van der Waals surface area contributed by atoms with Crippen molar-refractivity contribution >= 4 is 43.4 Å². The fourth-order valence-corrected chi connectivity index (χ4v) is 4.64. The molecule has 2 aromatic carbocycles. The van der Waals surface area contributed by atoms with Crippen molar-refractivity contribution in [2.75, 3.05) is 4.72 Å². The minimum atomic E-state index is -3.83. The van der Waals surface area contributed by atoms with Crippen LogP contribution in [0.1, 0.15) is 16.7 Å². The van der Waals surface area contributed by atoms with Crippen molar-refractivity contribution in [1.29, 1.82) is 0 Å². The quantitative estimate of drug-likeness (QED) is 0.574. The molecular formula is C18H16BrClFN3O2S. The Balaban J connectivity index is 1.86. The number of benzene rings is 2. The maximum Gasteiger partial charge on any atom is 0.263 e. The Labute approximate surface area is 170 Å². The minimum Gasteiger partial charge on any atom is -0.265 e. The zero-order valence-corrected chi connectivity index (χ0v) is 17.7. The van der Waals surface area contributed by atoms with Gasteiger partial charge in [-0.25, -0.2) is 12.8 Å². The second-order valence-corrected chi connectivity index (χ2v) is 9.03. The molecule has 5 nitrogen and oxygen atoms in total. The van der Waals surface area contributed by atoms with Crippen molar-refractivity contribution in [3.05, 3.63) is 74.6 Å². The lowest BCUT2D eigenvalue weighted by molar-refractivity contribution is 0.600. The van der Waals surface area contributed by atoms with Gasteiger partial charge in [-0.2, -0.15) is 5.10 Å². The van der Waals surface area contributed by atoms with E-state index in [1.54, 1.807) is 42.9 Å². The van der Waals surface area contributed by atoms with E-state index in [1.807, 2.05) is 0 Å². The number of rotatable bonds is 5. The van der Waals surface area contributed by atoms with E-state index in [9.17, 15) is 12.8 Å². The van der Waals surface area contributed by atoms with Crippen molar-refractivity contribution in [2.45, 2.75) is 25.3 Å². The predicted octanol–water partition coefficient (Wildman–Crippen LogP) is 4.90. The number of nitrogens with zero attached hydrogens (tertiary/aromatic N) is 2. The molecule has 3 aromatic rings. The van der Waals surface area contributed by atoms with E-state index in [0.29, 0.717) is 27.2 Å². The van der Waals surface area contributed by atoms with Crippen molar-refractivity contribution in [3.8, 4) is 0 Å². The fourth-order valence-electron chi connectivity index (χ4n) is 2.55. The lowest BCUT2D eigenvalue weighted by Crippen LogP contribution is -2.15. The topological polar surface area (TPSA) is 64.0 Å². The molecule has 0 aliphatic carbocycles. The number of sulfonamides is 1. The molecule has 0 spiro atoms. The van der Waals surface area contributed by atoms with Gasteiger partial charge in [-0.3, -0.25) is 9.40 Å². The lowest BCUT2D eigenvalue weighted by Gasteiger charge is -2.11. The summed E-state index contributed by atoms with van der Waals surface area (Å²) >= 11 is 9.37. The van der Waals surface area contributed by atoms with E-state index in [2.05, 4.69) is 25.8 Å². The van der Waals surface area contributed by atoms with E-state index in [4.69, 9.17) is 11.6 Å². The van der Waals surface area contributed by atoms with Crippen LogP contribution >= 0.6 is 27.5 Å². The Morgan fingerprint density at radius 1 is 1.19 bits per heavy atom. The lowest BCUT2D eigenvalue weighted by atomic mass is 10.2. The Kier molecular flexibility index (Phi) is 5.60. The van der Waals surface area contributed by atoms with Gasteiger partial charge in [-0.15, -0.1) is 0 Å². The summed E-state index contributed by atoms with van der Waals surface area (Å²) < 4.78 is 43.1. The summed E-state index contributed by atoms with van der Waals surface area (Å²) in [4.78, 5) is 0.143. The highest BCUT2D eigenvalue weighted by Crippen LogP contribution is 2.28. The molecule has 1 N–H and O–H groups in total. The third-order valence-corrected chi connectivity index (χ3v) is 6.42. The van der Waals surface area contributed by atoms with E-state index >= 15 is 0 Å². The van der Waals surface area contributed by atoms with Crippen LogP contribution in [-0.2, 0) is 16.6 Å². The highest BCUT2D eigenvalue weighted by atomic mass is 79.9. The SMILES string of the molecule is Cc1cc(S(=O)(=O)Nc2nn(Cc3ccc(F)cc3)cc2Br)c(C)cc1Cl. The van der Waals surface area contributed by atoms with Crippen LogP contribution in [-0.4, -0.2) is 18.2 Å². The van der Waals surface area contributed by atoms with Gasteiger partial charge in [0, 0.05) is 11.2 Å². The molecule has 27 heavy (non-hydrogen) atoms. The zero-order chi connectivity index (χ0) is 19.8. The van der Waals surface area contributed by atoms with E-state index in [1.165, 1.54) is 18.2 Å². The van der Waals surface area contributed by atoms with Gasteiger partial charge in [-0.05, 0) is 70.7 Å². The number of aromatic nitrogens is 2. The van der Waals surface area contributed by atoms with Gasteiger partial charge in [0.15, 0.2) is 5.82 Å². The molecule has 0 fully saturated rings. The first-order chi connectivity index (χ1) is 12.7. The second-order valence-electron chi connectivity index (χ2n) is 6.12. The van der Waals surface area contributed by atoms with Crippen molar-refractivity contribution < 1.29 is 12.8 Å². The van der Waals surface area contributed by atoms with E-state index in [-0.39, 0.29) is 16.5 Å². The molecule has 0 bridgehead atoms. The molecule has 142 valence electrons. The molecule has 0 saturated carbocycles. The summed E-state index contributed by atoms with van der Waals surface area (Å²) in [5.41, 5.74) is 2.05. The molecule has 0 atom stereocenters. The molecule has 0 aliphatic rings. The van der Waals surface area contributed by atoms with E-state index in [0.717, 1.165) is 5.56 Å². The number of hydrogen-bond donors (Lipinski definition) is 1. The molecule has 1 aromatic heterocycles. The van der Waals surface area contributed by atoms with Crippen LogP contribution in [0.5, 0.6) is 0 Å². The number of aryl methyl sites for hydroxylation is 2. The summed E-state index contributed by atoms with van der Waals surface area (Å²) in [6, 6.07) is 9.17. The zero-order valence-electron chi connectivity index (χ0n) is 14.5. The van der Waals surface area contributed by atoms with Crippen LogP contribution in [0, 0.1) is 19.7 Å². The molecule has 0 radical (unpaired) electrons. The fraction of sp³-hybridized carbons (Fsp3) is 0.167. The summed E-state index contributed by atoms with van der Waals surface area (Å²) in [5.74, 6) is -0.147. The Morgan fingerprint density at radius 2 is 1.85 bits per heavy atom. The average molecular weight is 473 g/mol. The maximum atomic E-state index is 13.0. The first-order valence-corrected chi connectivity index (χ1v) is 10.6. The predicted molar refractivity (Wildman–Crippen MR) is 107 cm³/mol. The minimum absolute atomic E-state index is 0.143. The molecule has 1 heterocycles. The van der Waals surface area contributed by atoms with Gasteiger partial charge in [0.05, 0.1) is 15.9 Å². The van der Waals surface area contributed by atoms with Gasteiger partial charge in [-0.1, -0.05) is 23.7 Å². The number of nitrogens with one attached hydrogen (secondary N) is 1. The normalized spacial score (nSPS) is 11.6. The average Bonchev–Trinajstić information content (AvgIpc) is 2.91.